The molecule has 0 unspecified atom stereocenters. The number of fused-ring (bicyclic) bond motifs is 1. The van der Waals surface area contributed by atoms with Crippen LogP contribution in [0, 0.1) is 5.82 Å². The zero-order valence-electron chi connectivity index (χ0n) is 11.6. The Labute approximate surface area is 139 Å². The molecule has 120 valence electrons. The number of benzene rings is 1. The monoisotopic (exact) mass is 372 g/mol. The molecule has 6 nitrogen and oxygen atoms in total. The van der Waals surface area contributed by atoms with E-state index in [4.69, 9.17) is 11.6 Å². The van der Waals surface area contributed by atoms with Gasteiger partial charge in [0.25, 0.3) is 0 Å². The van der Waals surface area contributed by atoms with Crippen molar-refractivity contribution in [1.82, 2.24) is 19.8 Å². The second-order valence-corrected chi connectivity index (χ2v) is 8.98. The van der Waals surface area contributed by atoms with Crippen LogP contribution in [0.3, 0.4) is 0 Å². The number of aromatic nitrogens is 4. The molecule has 1 atom stereocenters. The van der Waals surface area contributed by atoms with E-state index in [1.165, 1.54) is 21.9 Å². The largest absolute Gasteiger partial charge is 0.234 e. The summed E-state index contributed by atoms with van der Waals surface area (Å²) in [6.07, 6.45) is 0.549. The molecular weight excluding hydrogens is 363 g/mol. The van der Waals surface area contributed by atoms with E-state index < -0.39 is 15.7 Å². The first-order chi connectivity index (χ1) is 10.9. The molecule has 10 heteroatoms. The molecule has 0 spiro atoms. The number of hydrogen-bond acceptors (Lipinski definition) is 6. The summed E-state index contributed by atoms with van der Waals surface area (Å²) in [5, 5.41) is 13.1. The lowest BCUT2D eigenvalue weighted by atomic mass is 10.1. The van der Waals surface area contributed by atoms with Crippen molar-refractivity contribution in [1.29, 1.82) is 0 Å². The molecule has 1 saturated heterocycles. The van der Waals surface area contributed by atoms with E-state index in [0.717, 1.165) is 0 Å². The summed E-state index contributed by atoms with van der Waals surface area (Å²) in [5.41, 5.74) is 0.209. The normalized spacial score (nSPS) is 20.3. The molecule has 0 amide bonds. The van der Waals surface area contributed by atoms with Crippen molar-refractivity contribution in [2.45, 2.75) is 12.3 Å². The van der Waals surface area contributed by atoms with Crippen LogP contribution in [0.25, 0.3) is 16.3 Å². The second-order valence-electron chi connectivity index (χ2n) is 5.36. The average molecular weight is 373 g/mol. The first kappa shape index (κ1) is 15.0. The molecule has 1 aromatic carbocycles. The molecule has 1 fully saturated rings. The molecule has 2 aromatic heterocycles. The lowest BCUT2D eigenvalue weighted by molar-refractivity contribution is 0.601. The van der Waals surface area contributed by atoms with Gasteiger partial charge in [0.15, 0.2) is 21.5 Å². The zero-order chi connectivity index (χ0) is 16.2. The van der Waals surface area contributed by atoms with Gasteiger partial charge in [-0.15, -0.1) is 10.2 Å². The van der Waals surface area contributed by atoms with Gasteiger partial charge in [0.1, 0.15) is 5.01 Å². The van der Waals surface area contributed by atoms with Crippen LogP contribution in [0.4, 0.5) is 4.39 Å². The predicted molar refractivity (Wildman–Crippen MR) is 85.1 cm³/mol. The van der Waals surface area contributed by atoms with Gasteiger partial charge in [0, 0.05) is 5.92 Å². The average Bonchev–Trinajstić information content (AvgIpc) is 3.15. The molecule has 4 rings (SSSR count). The minimum atomic E-state index is -2.99. The van der Waals surface area contributed by atoms with Crippen LogP contribution in [0.1, 0.15) is 17.3 Å². The summed E-state index contributed by atoms with van der Waals surface area (Å²) in [6.45, 7) is 0. The highest BCUT2D eigenvalue weighted by Gasteiger charge is 2.32. The lowest BCUT2D eigenvalue weighted by Crippen LogP contribution is -2.04. The van der Waals surface area contributed by atoms with Gasteiger partial charge in [-0.05, 0) is 18.6 Å². The van der Waals surface area contributed by atoms with E-state index in [9.17, 15) is 12.8 Å². The van der Waals surface area contributed by atoms with Gasteiger partial charge in [0.2, 0.25) is 4.96 Å². The quantitative estimate of drug-likeness (QED) is 0.690. The third-order valence-electron chi connectivity index (χ3n) is 3.78. The number of halogens is 2. The van der Waals surface area contributed by atoms with Gasteiger partial charge < -0.3 is 0 Å². The topological polar surface area (TPSA) is 77.2 Å². The molecule has 0 aliphatic carbocycles. The number of nitrogens with zero attached hydrogens (tertiary/aromatic N) is 4. The number of hydrogen-bond donors (Lipinski definition) is 0. The van der Waals surface area contributed by atoms with Crippen LogP contribution in [0.15, 0.2) is 18.2 Å². The third-order valence-corrected chi connectivity index (χ3v) is 6.90. The van der Waals surface area contributed by atoms with Crippen molar-refractivity contribution in [2.24, 2.45) is 0 Å². The van der Waals surface area contributed by atoms with Crippen LogP contribution >= 0.6 is 22.9 Å². The fourth-order valence-electron chi connectivity index (χ4n) is 2.63. The summed E-state index contributed by atoms with van der Waals surface area (Å²) < 4.78 is 38.9. The van der Waals surface area contributed by atoms with Crippen molar-refractivity contribution >= 4 is 37.7 Å². The molecule has 0 bridgehead atoms. The van der Waals surface area contributed by atoms with Gasteiger partial charge >= 0.3 is 0 Å². The van der Waals surface area contributed by atoms with E-state index in [1.807, 2.05) is 0 Å². The molecule has 0 N–H and O–H groups in total. The van der Waals surface area contributed by atoms with E-state index in [0.29, 0.717) is 16.4 Å². The molecule has 3 aromatic rings. The first-order valence-corrected chi connectivity index (χ1v) is 9.83. The number of rotatable bonds is 2. The minimum Gasteiger partial charge on any atom is -0.229 e. The maximum atomic E-state index is 14.2. The molecule has 1 aliphatic rings. The molecule has 3 heterocycles. The van der Waals surface area contributed by atoms with E-state index in [-0.39, 0.29) is 33.8 Å². The zero-order valence-corrected chi connectivity index (χ0v) is 14.0. The van der Waals surface area contributed by atoms with Crippen molar-refractivity contribution in [3.63, 3.8) is 0 Å². The summed E-state index contributed by atoms with van der Waals surface area (Å²) in [7, 11) is -2.99. The fraction of sp³-hybridized carbons (Fsp3) is 0.308. The van der Waals surface area contributed by atoms with Crippen LogP contribution in [0.2, 0.25) is 5.02 Å². The molecule has 23 heavy (non-hydrogen) atoms. The van der Waals surface area contributed by atoms with E-state index in [2.05, 4.69) is 15.3 Å². The van der Waals surface area contributed by atoms with Crippen LogP contribution in [-0.2, 0) is 9.84 Å². The minimum absolute atomic E-state index is 0.00316. The fourth-order valence-corrected chi connectivity index (χ4v) is 5.63. The van der Waals surface area contributed by atoms with E-state index in [1.54, 1.807) is 12.1 Å². The third kappa shape index (κ3) is 2.52. The van der Waals surface area contributed by atoms with Gasteiger partial charge in [-0.3, -0.25) is 0 Å². The maximum absolute atomic E-state index is 14.2. The van der Waals surface area contributed by atoms with Gasteiger partial charge in [-0.25, -0.2) is 12.8 Å². The molecule has 0 saturated carbocycles. The Morgan fingerprint density at radius 1 is 1.35 bits per heavy atom. The first-order valence-electron chi connectivity index (χ1n) is 6.81. The Morgan fingerprint density at radius 2 is 2.17 bits per heavy atom. The highest BCUT2D eigenvalue weighted by Crippen LogP contribution is 2.33. The van der Waals surface area contributed by atoms with Crippen LogP contribution < -0.4 is 0 Å². The Kier molecular flexibility index (Phi) is 3.40. The maximum Gasteiger partial charge on any atom is 0.234 e. The van der Waals surface area contributed by atoms with Crippen molar-refractivity contribution in [3.8, 4) is 11.4 Å². The summed E-state index contributed by atoms with van der Waals surface area (Å²) in [6, 6.07) is 4.63. The lowest BCUT2D eigenvalue weighted by Gasteiger charge is -2.02. The highest BCUT2D eigenvalue weighted by molar-refractivity contribution is 7.91. The van der Waals surface area contributed by atoms with Crippen molar-refractivity contribution in [2.75, 3.05) is 11.5 Å². The predicted octanol–water partition coefficient (Wildman–Crippen LogP) is 2.55. The van der Waals surface area contributed by atoms with E-state index >= 15 is 0 Å². The summed E-state index contributed by atoms with van der Waals surface area (Å²) in [5.74, 6) is -0.195. The molecule has 0 radical (unpaired) electrons. The van der Waals surface area contributed by atoms with Crippen LogP contribution in [-0.4, -0.2) is 39.7 Å². The van der Waals surface area contributed by atoms with Crippen LogP contribution in [0.5, 0.6) is 0 Å². The van der Waals surface area contributed by atoms with Crippen molar-refractivity contribution in [3.05, 3.63) is 34.0 Å². The Bertz CT molecular complexity index is 1010. The number of sulfone groups is 1. The standard InChI is InChI=1S/C13H10ClFN4O2S2/c14-9-3-1-2-8(10(9)15)11-16-17-13-19(11)18-12(22-13)7-4-5-23(20,21)6-7/h1-3,7H,4-6H2/t7-/m0/s1. The highest BCUT2D eigenvalue weighted by atomic mass is 35.5. The Balaban J connectivity index is 1.80. The summed E-state index contributed by atoms with van der Waals surface area (Å²) >= 11 is 7.08. The smallest absolute Gasteiger partial charge is 0.229 e. The second kappa shape index (κ2) is 5.22. The summed E-state index contributed by atoms with van der Waals surface area (Å²) in [4.78, 5) is 0.499. The van der Waals surface area contributed by atoms with Crippen molar-refractivity contribution < 1.29 is 12.8 Å². The van der Waals surface area contributed by atoms with Gasteiger partial charge in [0.05, 0.1) is 22.1 Å². The van der Waals surface area contributed by atoms with Gasteiger partial charge in [-0.2, -0.15) is 9.61 Å². The Morgan fingerprint density at radius 3 is 2.91 bits per heavy atom. The molecular formula is C13H10ClFN4O2S2. The van der Waals surface area contributed by atoms with Gasteiger partial charge in [-0.1, -0.05) is 29.0 Å². The molecule has 1 aliphatic heterocycles. The Hall–Kier alpha value is -1.58. The SMILES string of the molecule is O=S1(=O)CC[C@H](c2nn3c(-c4cccc(Cl)c4F)nnc3s2)C1.